The van der Waals surface area contributed by atoms with Crippen molar-refractivity contribution in [2.75, 3.05) is 24.5 Å². The van der Waals surface area contributed by atoms with E-state index in [0.29, 0.717) is 0 Å². The molecule has 14 aromatic carbocycles. The molecule has 458 valence electrons. The van der Waals surface area contributed by atoms with Gasteiger partial charge in [0.15, 0.2) is 0 Å². The zero-order valence-electron chi connectivity index (χ0n) is 53.0. The third-order valence-electron chi connectivity index (χ3n) is 20.0. The number of para-hydroxylation sites is 7. The summed E-state index contributed by atoms with van der Waals surface area (Å²) < 4.78 is 13.7. The predicted octanol–water partition coefficient (Wildman–Crippen LogP) is 18.9. The first-order valence-electron chi connectivity index (χ1n) is 33.5. The SMILES string of the molecule is c1ccc(-c2cccc(-c3ccccc3)c2N2c3cc4c(cc3B3c5[se]c6ccccc6c5N(c5ccccc5)c5cc(N(c6ccccc6)c6ccccc6)cc2c53)B2c3[se]c5ccccc5c3N(c3ccccc3)c3cc(N(c5ccccc5)c5ccccc5)cc(c32)O4)cc1. The minimum absolute atomic E-state index is 0.0421. The Kier molecular flexibility index (Phi) is 13.4. The fourth-order valence-electron chi connectivity index (χ4n) is 16.0. The predicted molar refractivity (Wildman–Crippen MR) is 415 cm³/mol. The Morgan fingerprint density at radius 3 is 1.11 bits per heavy atom. The molecule has 2 aromatic heterocycles. The zero-order valence-corrected chi connectivity index (χ0v) is 56.5. The first kappa shape index (κ1) is 56.8. The summed E-state index contributed by atoms with van der Waals surface area (Å²) in [6, 6.07) is 128. The standard InChI is InChI=1S/C88H57B2N5OSe2/c1-9-30-58(31-10-1)68-48-29-49-69(59-32-11-2-12-33-59)84(68)95-74-57-78-73(90-83-77(94(65-44-23-8-24-45-65)86-71-47-26-28-51-81(71)98-88(86)90)54-67(55-79(83)96-78)92(62-38-17-5-18-39-62)63-40-19-6-20-41-63)56-72(74)89-82-75(93(64-42-21-7-22-43-64)85-70-46-25-27-50-80(70)97-87(85)89)52-66(53-76(82)95)91(60-34-13-3-14-35-60)61-36-15-4-16-37-61/h1-57H. The number of fused-ring (bicyclic) bond motifs is 12. The van der Waals surface area contributed by atoms with Gasteiger partial charge in [0.2, 0.25) is 0 Å². The molecular weight excluding hydrogens is 1320 g/mol. The van der Waals surface area contributed by atoms with Gasteiger partial charge in [0, 0.05) is 0 Å². The summed E-state index contributed by atoms with van der Waals surface area (Å²) in [5.74, 6) is 1.71. The number of nitrogens with zero attached hydrogens (tertiary/aromatic N) is 5. The molecule has 4 aliphatic heterocycles. The molecular formula is C88H57B2N5OSe2. The third-order valence-corrected chi connectivity index (χ3v) is 25.1. The van der Waals surface area contributed by atoms with Gasteiger partial charge >= 0.3 is 586 Å². The van der Waals surface area contributed by atoms with Crippen molar-refractivity contribution >= 4 is 178 Å². The second kappa shape index (κ2) is 23.1. The molecule has 0 N–H and O–H groups in total. The van der Waals surface area contributed by atoms with Crippen molar-refractivity contribution in [1.29, 1.82) is 0 Å². The van der Waals surface area contributed by atoms with Crippen molar-refractivity contribution in [3.63, 3.8) is 0 Å². The van der Waals surface area contributed by atoms with E-state index in [2.05, 4.69) is 370 Å². The molecule has 0 amide bonds. The van der Waals surface area contributed by atoms with Crippen LogP contribution in [0.15, 0.2) is 346 Å². The topological polar surface area (TPSA) is 25.4 Å². The summed E-state index contributed by atoms with van der Waals surface area (Å²) in [5, 5.41) is 2.58. The monoisotopic (exact) mass is 1380 g/mol. The van der Waals surface area contributed by atoms with Gasteiger partial charge in [-0.05, 0) is 0 Å². The summed E-state index contributed by atoms with van der Waals surface area (Å²) in [7, 11) is 0. The van der Waals surface area contributed by atoms with Gasteiger partial charge in [0.1, 0.15) is 0 Å². The summed E-state index contributed by atoms with van der Waals surface area (Å²) in [6.45, 7) is -0.299. The second-order valence-electron chi connectivity index (χ2n) is 25.4. The Hall–Kier alpha value is -11.5. The van der Waals surface area contributed by atoms with E-state index in [9.17, 15) is 0 Å². The Balaban J connectivity index is 0.937. The Bertz CT molecular complexity index is 5630. The molecule has 0 unspecified atom stereocenters. The maximum atomic E-state index is 8.04. The molecule has 0 fully saturated rings. The molecule has 0 aliphatic carbocycles. The summed E-state index contributed by atoms with van der Waals surface area (Å²) in [5.41, 5.74) is 26.1. The molecule has 10 heteroatoms. The van der Waals surface area contributed by atoms with Crippen LogP contribution < -0.4 is 59.8 Å². The van der Waals surface area contributed by atoms with Crippen LogP contribution in [0.2, 0.25) is 0 Å². The van der Waals surface area contributed by atoms with Crippen LogP contribution in [0.5, 0.6) is 11.5 Å². The molecule has 4 aliphatic rings. The van der Waals surface area contributed by atoms with E-state index in [1.54, 1.807) is 0 Å². The van der Waals surface area contributed by atoms with E-state index in [-0.39, 0.29) is 42.4 Å². The first-order valence-corrected chi connectivity index (χ1v) is 36.9. The van der Waals surface area contributed by atoms with E-state index in [1.807, 2.05) is 0 Å². The van der Waals surface area contributed by atoms with E-state index < -0.39 is 0 Å². The van der Waals surface area contributed by atoms with Crippen molar-refractivity contribution in [2.24, 2.45) is 0 Å². The van der Waals surface area contributed by atoms with Crippen LogP contribution in [0.1, 0.15) is 0 Å². The number of ether oxygens (including phenoxy) is 1. The van der Waals surface area contributed by atoms with E-state index in [0.717, 1.165) is 108 Å². The maximum absolute atomic E-state index is 8.04. The molecule has 16 aromatic rings. The van der Waals surface area contributed by atoms with Crippen molar-refractivity contribution in [1.82, 2.24) is 0 Å². The van der Waals surface area contributed by atoms with E-state index in [4.69, 9.17) is 4.74 Å². The first-order chi connectivity index (χ1) is 48.7. The molecule has 0 bridgehead atoms. The minimum atomic E-state index is -0.156. The van der Waals surface area contributed by atoms with Gasteiger partial charge in [0.05, 0.1) is 0 Å². The zero-order chi connectivity index (χ0) is 64.4. The Morgan fingerprint density at radius 2 is 0.653 bits per heavy atom. The summed E-state index contributed by atoms with van der Waals surface area (Å²) in [6.07, 6.45) is 0. The Labute approximate surface area is 582 Å². The normalized spacial score (nSPS) is 12.9. The van der Waals surface area contributed by atoms with Crippen LogP contribution in [0.25, 0.3) is 41.5 Å². The van der Waals surface area contributed by atoms with E-state index >= 15 is 0 Å². The third kappa shape index (κ3) is 8.96. The molecule has 0 saturated heterocycles. The van der Waals surface area contributed by atoms with Crippen LogP contribution in [0.4, 0.5) is 85.3 Å². The number of benzene rings is 14. The number of hydrogen-bond acceptors (Lipinski definition) is 6. The van der Waals surface area contributed by atoms with Crippen LogP contribution in [-0.2, 0) is 0 Å². The van der Waals surface area contributed by atoms with Crippen LogP contribution >= 0.6 is 0 Å². The van der Waals surface area contributed by atoms with Crippen molar-refractivity contribution in [2.45, 2.75) is 0 Å². The molecule has 0 spiro atoms. The second-order valence-corrected chi connectivity index (χ2v) is 30.0. The van der Waals surface area contributed by atoms with Gasteiger partial charge in [-0.1, -0.05) is 0 Å². The number of rotatable bonds is 11. The van der Waals surface area contributed by atoms with Crippen LogP contribution in [0, 0.1) is 0 Å². The summed E-state index contributed by atoms with van der Waals surface area (Å²) in [4.78, 5) is 12.7. The quantitative estimate of drug-likeness (QED) is 0.120. The van der Waals surface area contributed by atoms with Gasteiger partial charge in [-0.3, -0.25) is 0 Å². The fraction of sp³-hybridized carbons (Fsp3) is 0. The molecule has 0 atom stereocenters. The summed E-state index contributed by atoms with van der Waals surface area (Å²) >= 11 is -0.105. The van der Waals surface area contributed by atoms with Gasteiger partial charge < -0.3 is 0 Å². The van der Waals surface area contributed by atoms with Crippen molar-refractivity contribution < 1.29 is 4.74 Å². The van der Waals surface area contributed by atoms with Crippen LogP contribution in [0.3, 0.4) is 0 Å². The van der Waals surface area contributed by atoms with Gasteiger partial charge in [-0.2, -0.15) is 0 Å². The van der Waals surface area contributed by atoms with Crippen molar-refractivity contribution in [3.05, 3.63) is 346 Å². The van der Waals surface area contributed by atoms with Crippen LogP contribution in [-0.4, -0.2) is 42.4 Å². The number of hydrogen-bond donors (Lipinski definition) is 0. The molecule has 0 radical (unpaired) electrons. The fourth-order valence-corrected chi connectivity index (χ4v) is 21.5. The molecule has 20 rings (SSSR count). The number of anilines is 15. The van der Waals surface area contributed by atoms with Crippen molar-refractivity contribution in [3.8, 4) is 33.8 Å². The van der Waals surface area contributed by atoms with Gasteiger partial charge in [-0.15, -0.1) is 0 Å². The van der Waals surface area contributed by atoms with Gasteiger partial charge in [-0.25, -0.2) is 0 Å². The average Bonchev–Trinajstić information content (AvgIpc) is 1.19. The molecule has 6 nitrogen and oxygen atoms in total. The van der Waals surface area contributed by atoms with E-state index in [1.165, 1.54) is 61.2 Å². The molecule has 6 heterocycles. The Morgan fingerprint density at radius 1 is 0.276 bits per heavy atom. The van der Waals surface area contributed by atoms with Gasteiger partial charge in [0.25, 0.3) is 0 Å². The molecule has 0 saturated carbocycles. The molecule has 98 heavy (non-hydrogen) atoms. The average molecular weight is 1380 g/mol.